The van der Waals surface area contributed by atoms with Crippen LogP contribution in [-0.4, -0.2) is 80.1 Å². The highest BCUT2D eigenvalue weighted by Gasteiger charge is 2.45. The van der Waals surface area contributed by atoms with Crippen molar-refractivity contribution < 1.29 is 44.4 Å². The number of carboxylic acid groups (broad SMARTS) is 2. The molecule has 1 aliphatic rings. The third-order valence-corrected chi connectivity index (χ3v) is 5.48. The topological polar surface area (TPSA) is 212 Å². The van der Waals surface area contributed by atoms with Crippen LogP contribution in [0.1, 0.15) is 23.6 Å². The summed E-state index contributed by atoms with van der Waals surface area (Å²) in [6.45, 7) is -0.0393. The Balaban J connectivity index is 1.59. The number of likely N-dealkylation sites (tertiary alicyclic amines) is 1. The second kappa shape index (κ2) is 11.2. The normalized spacial score (nSPS) is 17.0. The van der Waals surface area contributed by atoms with Gasteiger partial charge in [-0.2, -0.15) is 0 Å². The van der Waals surface area contributed by atoms with Gasteiger partial charge in [-0.3, -0.25) is 14.4 Å². The number of benzene rings is 2. The molecule has 0 saturated carbocycles. The molecule has 0 spiro atoms. The first-order valence-electron chi connectivity index (χ1n) is 10.7. The number of β-lactam (4-membered cyclic amide) rings is 1. The summed E-state index contributed by atoms with van der Waals surface area (Å²) in [5.74, 6) is -3.59. The van der Waals surface area contributed by atoms with E-state index in [0.29, 0.717) is 5.75 Å². The molecule has 36 heavy (non-hydrogen) atoms. The molecule has 13 nitrogen and oxygen atoms in total. The summed E-state index contributed by atoms with van der Waals surface area (Å²) in [5.41, 5.74) is 5.51. The number of nitrogens with two attached hydrogens (primary N) is 1. The maximum Gasteiger partial charge on any atom is 0.331 e. The molecule has 13 heteroatoms. The minimum absolute atomic E-state index is 0.0516. The second-order valence-corrected chi connectivity index (χ2v) is 7.90. The van der Waals surface area contributed by atoms with Crippen molar-refractivity contribution in [1.29, 1.82) is 0 Å². The largest absolute Gasteiger partial charge is 0.508 e. The van der Waals surface area contributed by atoms with Gasteiger partial charge in [0.25, 0.3) is 5.91 Å². The van der Waals surface area contributed by atoms with Crippen molar-refractivity contribution in [2.24, 2.45) is 10.9 Å². The lowest BCUT2D eigenvalue weighted by Crippen LogP contribution is -2.66. The molecule has 7 N–H and O–H groups in total. The third-order valence-electron chi connectivity index (χ3n) is 5.48. The Morgan fingerprint density at radius 3 is 2.25 bits per heavy atom. The average molecular weight is 500 g/mol. The van der Waals surface area contributed by atoms with Crippen LogP contribution < -0.4 is 15.8 Å². The summed E-state index contributed by atoms with van der Waals surface area (Å²) >= 11 is 0. The van der Waals surface area contributed by atoms with Gasteiger partial charge in [-0.1, -0.05) is 17.3 Å². The van der Waals surface area contributed by atoms with Crippen LogP contribution in [0.4, 0.5) is 0 Å². The number of carboxylic acids is 2. The first kappa shape index (κ1) is 26.0. The number of nitrogens with zero attached hydrogens (tertiary/aromatic N) is 2. The van der Waals surface area contributed by atoms with E-state index in [0.717, 1.165) is 4.90 Å². The highest BCUT2D eigenvalue weighted by molar-refractivity contribution is 6.45. The molecule has 1 heterocycles. The highest BCUT2D eigenvalue weighted by Crippen LogP contribution is 2.28. The molecule has 0 aliphatic carbocycles. The minimum atomic E-state index is -1.30. The van der Waals surface area contributed by atoms with Crippen LogP contribution in [0.15, 0.2) is 53.7 Å². The van der Waals surface area contributed by atoms with Gasteiger partial charge in [-0.25, -0.2) is 4.79 Å². The number of oxime groups is 1. The molecular weight excluding hydrogens is 476 g/mol. The SMILES string of the molecule is N[C@@H](CCOc1ccc(/C(=N/O)C(=O)N[C@@H]2CN([C@H](C(=O)O)c3ccc(O)cc3)C2=O)cc1)C(=O)O. The van der Waals surface area contributed by atoms with Crippen molar-refractivity contribution in [3.05, 3.63) is 59.7 Å². The Kier molecular flexibility index (Phi) is 8.07. The predicted molar refractivity (Wildman–Crippen MR) is 123 cm³/mol. The first-order chi connectivity index (χ1) is 17.1. The van der Waals surface area contributed by atoms with Gasteiger partial charge in [0.2, 0.25) is 5.91 Å². The van der Waals surface area contributed by atoms with E-state index in [-0.39, 0.29) is 42.2 Å². The van der Waals surface area contributed by atoms with Crippen LogP contribution in [0, 0.1) is 0 Å². The monoisotopic (exact) mass is 500 g/mol. The van der Waals surface area contributed by atoms with Crippen LogP contribution >= 0.6 is 0 Å². The maximum atomic E-state index is 12.6. The van der Waals surface area contributed by atoms with Crippen LogP contribution in [-0.2, 0) is 19.2 Å². The van der Waals surface area contributed by atoms with Gasteiger partial charge in [0.1, 0.15) is 23.6 Å². The van der Waals surface area contributed by atoms with Crippen molar-refractivity contribution in [3.8, 4) is 11.5 Å². The van der Waals surface area contributed by atoms with Crippen molar-refractivity contribution in [3.63, 3.8) is 0 Å². The number of carbonyl (C=O) groups is 4. The number of aliphatic carboxylic acids is 2. The number of phenols is 1. The number of hydrogen-bond acceptors (Lipinski definition) is 9. The fourth-order valence-electron chi connectivity index (χ4n) is 3.50. The molecule has 190 valence electrons. The molecule has 2 aromatic carbocycles. The molecule has 3 rings (SSSR count). The van der Waals surface area contributed by atoms with E-state index in [1.165, 1.54) is 48.5 Å². The summed E-state index contributed by atoms with van der Waals surface area (Å²) < 4.78 is 5.40. The van der Waals surface area contributed by atoms with Crippen LogP contribution in [0.25, 0.3) is 0 Å². The molecule has 1 saturated heterocycles. The fraction of sp³-hybridized carbons (Fsp3) is 0.261. The number of hydrogen-bond donors (Lipinski definition) is 6. The molecule has 0 aromatic heterocycles. The molecular formula is C23H24N4O9. The fourth-order valence-corrected chi connectivity index (χ4v) is 3.50. The second-order valence-electron chi connectivity index (χ2n) is 7.90. The van der Waals surface area contributed by atoms with Gasteiger partial charge in [-0.05, 0) is 42.0 Å². The van der Waals surface area contributed by atoms with E-state index in [1.54, 1.807) is 0 Å². The number of rotatable bonds is 11. The van der Waals surface area contributed by atoms with E-state index in [9.17, 15) is 34.6 Å². The predicted octanol–water partition coefficient (Wildman–Crippen LogP) is -0.0958. The quantitative estimate of drug-likeness (QED) is 0.104. The zero-order valence-electron chi connectivity index (χ0n) is 18.8. The third kappa shape index (κ3) is 5.88. The summed E-state index contributed by atoms with van der Waals surface area (Å²) in [7, 11) is 0. The lowest BCUT2D eigenvalue weighted by molar-refractivity contribution is -0.160. The number of carbonyl (C=O) groups excluding carboxylic acids is 2. The molecule has 0 bridgehead atoms. The summed E-state index contributed by atoms with van der Waals surface area (Å²) in [6.07, 6.45) is 0.0880. The Hall–Kier alpha value is -4.65. The zero-order valence-corrected chi connectivity index (χ0v) is 18.8. The van der Waals surface area contributed by atoms with Gasteiger partial charge in [-0.15, -0.1) is 0 Å². The van der Waals surface area contributed by atoms with E-state index in [4.69, 9.17) is 15.6 Å². The van der Waals surface area contributed by atoms with Crippen LogP contribution in [0.2, 0.25) is 0 Å². The standard InChI is InChI=1S/C23H24N4O9/c24-16(22(31)32)9-10-36-15-7-3-12(4-8-15)18(26-35)20(29)25-17-11-27(21(17)30)19(23(33)34)13-1-5-14(28)6-2-13/h1-8,16-17,19,28,35H,9-11,24H2,(H,25,29)(H,31,32)(H,33,34)/b26-18-/t16-,17+,19-/m0/s1. The van der Waals surface area contributed by atoms with Gasteiger partial charge in [0.15, 0.2) is 11.8 Å². The van der Waals surface area contributed by atoms with Gasteiger partial charge < -0.3 is 41.2 Å². The van der Waals surface area contributed by atoms with Gasteiger partial charge in [0, 0.05) is 12.0 Å². The van der Waals surface area contributed by atoms with E-state index >= 15 is 0 Å². The molecule has 1 fully saturated rings. The average Bonchev–Trinajstić information content (AvgIpc) is 2.85. The lowest BCUT2D eigenvalue weighted by Gasteiger charge is -2.42. The van der Waals surface area contributed by atoms with Gasteiger partial charge in [0.05, 0.1) is 13.2 Å². The molecule has 0 radical (unpaired) electrons. The summed E-state index contributed by atoms with van der Waals surface area (Å²) in [5, 5.41) is 42.5. The number of phenolic OH excluding ortho intramolecular Hbond substituents is 1. The Morgan fingerprint density at radius 2 is 1.72 bits per heavy atom. The molecule has 3 atom stereocenters. The molecule has 0 unspecified atom stereocenters. The van der Waals surface area contributed by atoms with E-state index in [1.807, 2.05) is 0 Å². The minimum Gasteiger partial charge on any atom is -0.508 e. The van der Waals surface area contributed by atoms with E-state index < -0.39 is 41.9 Å². The van der Waals surface area contributed by atoms with Crippen molar-refractivity contribution >= 4 is 29.5 Å². The highest BCUT2D eigenvalue weighted by atomic mass is 16.5. The van der Waals surface area contributed by atoms with Crippen LogP contribution in [0.5, 0.6) is 11.5 Å². The smallest absolute Gasteiger partial charge is 0.331 e. The van der Waals surface area contributed by atoms with Crippen molar-refractivity contribution in [2.75, 3.05) is 13.2 Å². The summed E-state index contributed by atoms with van der Waals surface area (Å²) in [6, 6.07) is 7.83. The number of nitrogens with one attached hydrogen (secondary N) is 1. The van der Waals surface area contributed by atoms with E-state index in [2.05, 4.69) is 10.5 Å². The number of ether oxygens (including phenoxy) is 1. The lowest BCUT2D eigenvalue weighted by atomic mass is 9.97. The van der Waals surface area contributed by atoms with Gasteiger partial charge >= 0.3 is 11.9 Å². The molecule has 2 amide bonds. The Bertz CT molecular complexity index is 1170. The number of amides is 2. The molecule has 1 aliphatic heterocycles. The first-order valence-corrected chi connectivity index (χ1v) is 10.7. The Labute approximate surface area is 204 Å². The summed E-state index contributed by atoms with van der Waals surface area (Å²) in [4.78, 5) is 48.8. The maximum absolute atomic E-state index is 12.6. The molecule has 2 aromatic rings. The van der Waals surface area contributed by atoms with Crippen LogP contribution in [0.3, 0.4) is 0 Å². The Morgan fingerprint density at radius 1 is 1.08 bits per heavy atom. The van der Waals surface area contributed by atoms with Crippen molar-refractivity contribution in [2.45, 2.75) is 24.5 Å². The number of aromatic hydroxyl groups is 1. The zero-order chi connectivity index (χ0) is 26.4. The van der Waals surface area contributed by atoms with Crippen molar-refractivity contribution in [1.82, 2.24) is 10.2 Å².